The summed E-state index contributed by atoms with van der Waals surface area (Å²) in [4.78, 5) is 99.1. The van der Waals surface area contributed by atoms with Gasteiger partial charge in [0.05, 0.1) is 0 Å². The molecule has 40 heavy (non-hydrogen) atoms. The van der Waals surface area contributed by atoms with E-state index in [0.29, 0.717) is 0 Å². The maximum atomic E-state index is 12.0. The molecule has 34 heteroatoms. The summed E-state index contributed by atoms with van der Waals surface area (Å²) >= 11 is 0. The number of hydrogen-bond donors (Lipinski definition) is 13. The Kier molecular flexibility index (Phi) is 12.7. The van der Waals surface area contributed by atoms with Gasteiger partial charge in [-0.2, -0.15) is 12.9 Å². The SMILES string of the molecule is O=P(O)(O)O[C@@H]1[C@@H](O)[C@H](OP(=O)(O)OP(=O)(O)O)[C@H](OP(=O)(O)OP(=O)(O)O)[C@H](O)[C@H]1OP(=O)(O)OP(=O)(O)O. The topological polar surface area (TPSA) is 447 Å². The molecule has 0 aromatic rings. The van der Waals surface area contributed by atoms with Crippen LogP contribution >= 0.6 is 54.8 Å². The van der Waals surface area contributed by atoms with E-state index in [1.807, 2.05) is 0 Å². The van der Waals surface area contributed by atoms with E-state index in [1.165, 1.54) is 0 Å². The molecule has 9 atom stereocenters. The van der Waals surface area contributed by atoms with Gasteiger partial charge in [-0.1, -0.05) is 0 Å². The fourth-order valence-electron chi connectivity index (χ4n) is 2.72. The summed E-state index contributed by atoms with van der Waals surface area (Å²) in [6.45, 7) is 0. The van der Waals surface area contributed by atoms with Crippen molar-refractivity contribution in [3.63, 3.8) is 0 Å². The van der Waals surface area contributed by atoms with Crippen molar-refractivity contribution < 1.29 is 127 Å². The summed E-state index contributed by atoms with van der Waals surface area (Å²) in [5.74, 6) is 0. The molecule has 0 saturated heterocycles. The first-order chi connectivity index (χ1) is 17.3. The lowest BCUT2D eigenvalue weighted by molar-refractivity contribution is -0.208. The van der Waals surface area contributed by atoms with Crippen LogP contribution in [-0.2, 0) is 63.0 Å². The Hall–Kier alpha value is 0.810. The Morgan fingerprint density at radius 2 is 0.550 bits per heavy atom. The number of phosphoric acid groups is 7. The zero-order chi connectivity index (χ0) is 31.9. The second kappa shape index (κ2) is 13.0. The maximum absolute atomic E-state index is 12.0. The quantitative estimate of drug-likeness (QED) is 0.0788. The lowest BCUT2D eigenvalue weighted by Crippen LogP contribution is -2.65. The zero-order valence-corrected chi connectivity index (χ0v) is 24.4. The van der Waals surface area contributed by atoms with Crippen LogP contribution in [0.15, 0.2) is 0 Å². The summed E-state index contributed by atoms with van der Waals surface area (Å²) < 4.78 is 107. The molecule has 0 amide bonds. The highest BCUT2D eigenvalue weighted by atomic mass is 31.3. The van der Waals surface area contributed by atoms with E-state index in [0.717, 1.165) is 0 Å². The standard InChI is InChI=1S/C6H19O27P7/c7-1-3(27-34(9,10)11)4(28-38(21,22)31-35(12,13)14)2(8)6(30-40(25,26)33-37(18,19)20)5(1)29-39(23,24)32-36(15,16)17/h1-8H,(H,21,22)(H,23,24)(H,25,26)(H2,9,10,11)(H2,12,13,14)(H2,15,16,17)(H2,18,19,20)/t1-,2-,3-,4-,5+,6-/m1/s1. The van der Waals surface area contributed by atoms with Crippen LogP contribution in [-0.4, -0.2) is 101 Å². The van der Waals surface area contributed by atoms with Gasteiger partial charge in [-0.15, -0.1) is 0 Å². The molecular weight excluding hydrogens is 721 g/mol. The molecule has 27 nitrogen and oxygen atoms in total. The van der Waals surface area contributed by atoms with E-state index >= 15 is 0 Å². The van der Waals surface area contributed by atoms with Gasteiger partial charge in [0.25, 0.3) is 0 Å². The first-order valence-corrected chi connectivity index (χ1v) is 19.4. The van der Waals surface area contributed by atoms with Crippen LogP contribution in [0.5, 0.6) is 0 Å². The van der Waals surface area contributed by atoms with Gasteiger partial charge in [-0.3, -0.25) is 18.1 Å². The summed E-state index contributed by atoms with van der Waals surface area (Å²) in [5, 5.41) is 21.0. The van der Waals surface area contributed by atoms with Gasteiger partial charge in [0.2, 0.25) is 0 Å². The highest BCUT2D eigenvalue weighted by Crippen LogP contribution is 2.64. The number of aliphatic hydroxyl groups is 2. The highest BCUT2D eigenvalue weighted by molar-refractivity contribution is 7.61. The van der Waals surface area contributed by atoms with Crippen LogP contribution in [0.2, 0.25) is 0 Å². The molecule has 0 aromatic carbocycles. The second-order valence-corrected chi connectivity index (χ2v) is 16.4. The van der Waals surface area contributed by atoms with Crippen molar-refractivity contribution in [2.75, 3.05) is 0 Å². The van der Waals surface area contributed by atoms with Crippen LogP contribution in [0.4, 0.5) is 0 Å². The minimum absolute atomic E-state index is 3.09. The molecule has 0 heterocycles. The van der Waals surface area contributed by atoms with E-state index in [9.17, 15) is 56.8 Å². The Morgan fingerprint density at radius 3 is 0.725 bits per heavy atom. The minimum Gasteiger partial charge on any atom is -0.387 e. The van der Waals surface area contributed by atoms with Crippen LogP contribution in [0, 0.1) is 0 Å². The minimum atomic E-state index is -6.28. The van der Waals surface area contributed by atoms with Crippen LogP contribution in [0.25, 0.3) is 0 Å². The largest absolute Gasteiger partial charge is 0.481 e. The smallest absolute Gasteiger partial charge is 0.387 e. The molecular formula is C6H19O27P7. The predicted molar refractivity (Wildman–Crippen MR) is 112 cm³/mol. The highest BCUT2D eigenvalue weighted by Gasteiger charge is 2.60. The molecule has 0 spiro atoms. The predicted octanol–water partition coefficient (Wildman–Crippen LogP) is -3.02. The lowest BCUT2D eigenvalue weighted by atomic mass is 9.85. The molecule has 1 aliphatic carbocycles. The zero-order valence-electron chi connectivity index (χ0n) is 18.1. The van der Waals surface area contributed by atoms with Gasteiger partial charge in [0.15, 0.2) is 0 Å². The normalized spacial score (nSPS) is 31.6. The van der Waals surface area contributed by atoms with E-state index in [2.05, 4.69) is 31.0 Å². The summed E-state index contributed by atoms with van der Waals surface area (Å²) in [6, 6.07) is 0. The van der Waals surface area contributed by atoms with Crippen LogP contribution in [0.1, 0.15) is 0 Å². The van der Waals surface area contributed by atoms with Gasteiger partial charge >= 0.3 is 54.8 Å². The summed E-state index contributed by atoms with van der Waals surface area (Å²) in [5.41, 5.74) is 0. The fraction of sp³-hybridized carbons (Fsp3) is 1.00. The van der Waals surface area contributed by atoms with Gasteiger partial charge in [-0.05, 0) is 0 Å². The average molecular weight is 740 g/mol. The first-order valence-electron chi connectivity index (χ1n) is 8.76. The number of rotatable bonds is 14. The maximum Gasteiger partial charge on any atom is 0.481 e. The van der Waals surface area contributed by atoms with Crippen molar-refractivity contribution in [2.45, 2.75) is 36.6 Å². The van der Waals surface area contributed by atoms with Crippen molar-refractivity contribution in [3.05, 3.63) is 0 Å². The fourth-order valence-corrected chi connectivity index (χ4v) is 8.63. The number of phosphoric ester groups is 4. The molecule has 1 rings (SSSR count). The molecule has 1 fully saturated rings. The van der Waals surface area contributed by atoms with Crippen molar-refractivity contribution in [1.82, 2.24) is 0 Å². The molecule has 0 aliphatic heterocycles. The molecule has 240 valence electrons. The van der Waals surface area contributed by atoms with E-state index in [1.54, 1.807) is 0 Å². The van der Waals surface area contributed by atoms with Crippen molar-refractivity contribution in [3.8, 4) is 0 Å². The lowest BCUT2D eigenvalue weighted by Gasteiger charge is -2.46. The number of aliphatic hydroxyl groups excluding tert-OH is 2. The third-order valence-electron chi connectivity index (χ3n) is 3.65. The molecule has 13 N–H and O–H groups in total. The number of hydrogen-bond acceptors (Lipinski definition) is 16. The summed E-state index contributed by atoms with van der Waals surface area (Å²) in [7, 11) is -42.7. The van der Waals surface area contributed by atoms with E-state index < -0.39 is 91.4 Å². The summed E-state index contributed by atoms with van der Waals surface area (Å²) in [6.07, 6.45) is -19.0. The van der Waals surface area contributed by atoms with Gasteiger partial charge in [0, 0.05) is 0 Å². The van der Waals surface area contributed by atoms with E-state index in [4.69, 9.17) is 39.1 Å². The van der Waals surface area contributed by atoms with Crippen molar-refractivity contribution >= 4 is 54.8 Å². The molecule has 3 unspecified atom stereocenters. The second-order valence-electron chi connectivity index (χ2n) is 6.87. The third-order valence-corrected chi connectivity index (χ3v) is 10.7. The molecule has 1 saturated carbocycles. The van der Waals surface area contributed by atoms with Gasteiger partial charge < -0.3 is 64.0 Å². The molecule has 0 aromatic heterocycles. The Bertz CT molecular complexity index is 1230. The van der Waals surface area contributed by atoms with Crippen LogP contribution in [0.3, 0.4) is 0 Å². The first kappa shape index (κ1) is 38.8. The molecule has 1 aliphatic rings. The monoisotopic (exact) mass is 740 g/mol. The van der Waals surface area contributed by atoms with Crippen molar-refractivity contribution in [1.29, 1.82) is 0 Å². The van der Waals surface area contributed by atoms with Crippen LogP contribution < -0.4 is 0 Å². The van der Waals surface area contributed by atoms with Gasteiger partial charge in [0.1, 0.15) is 36.6 Å². The Balaban J connectivity index is 3.74. The molecule has 0 bridgehead atoms. The van der Waals surface area contributed by atoms with Gasteiger partial charge in [-0.25, -0.2) is 32.0 Å². The Morgan fingerprint density at radius 1 is 0.350 bits per heavy atom. The average Bonchev–Trinajstić information content (AvgIpc) is 2.58. The van der Waals surface area contributed by atoms with Crippen molar-refractivity contribution in [2.24, 2.45) is 0 Å². The van der Waals surface area contributed by atoms with E-state index in [-0.39, 0.29) is 0 Å². The molecule has 0 radical (unpaired) electrons. The Labute approximate surface area is 219 Å². The third kappa shape index (κ3) is 14.1.